The average Bonchev–Trinajstić information content (AvgIpc) is 2.98. The molecule has 0 bridgehead atoms. The Bertz CT molecular complexity index is 885. The molecule has 9 heteroatoms. The third-order valence-corrected chi connectivity index (χ3v) is 5.11. The van der Waals surface area contributed by atoms with Crippen molar-refractivity contribution in [1.82, 2.24) is 15.2 Å². The summed E-state index contributed by atoms with van der Waals surface area (Å²) in [6.45, 7) is 3.27. The number of aromatic nitrogens is 1. The molecule has 0 unspecified atom stereocenters. The van der Waals surface area contributed by atoms with Gasteiger partial charge in [0.05, 0.1) is 28.5 Å². The Morgan fingerprint density at radius 2 is 2.12 bits per heavy atom. The molecule has 1 aliphatic rings. The van der Waals surface area contributed by atoms with Crippen LogP contribution in [0.15, 0.2) is 28.9 Å². The minimum atomic E-state index is -0.991. The van der Waals surface area contributed by atoms with Gasteiger partial charge in [-0.3, -0.25) is 19.7 Å². The van der Waals surface area contributed by atoms with E-state index in [2.05, 4.69) is 10.6 Å². The molecule has 2 rings (SSSR count). The molecule has 134 valence electrons. The Hall–Kier alpha value is -3.04. The van der Waals surface area contributed by atoms with Crippen LogP contribution in [0, 0.1) is 34.0 Å². The summed E-state index contributed by atoms with van der Waals surface area (Å²) in [4.78, 5) is 36.1. The number of carbonyl (C=O) groups is 3. The molecule has 3 amide bonds. The Kier molecular flexibility index (Phi) is 5.53. The number of aryl methyl sites for hydroxylation is 1. The van der Waals surface area contributed by atoms with Crippen LogP contribution in [-0.2, 0) is 16.6 Å². The lowest BCUT2D eigenvalue weighted by atomic mass is 9.72. The van der Waals surface area contributed by atoms with E-state index in [1.807, 2.05) is 12.1 Å². The van der Waals surface area contributed by atoms with E-state index in [9.17, 15) is 24.9 Å². The highest BCUT2D eigenvalue weighted by molar-refractivity contribution is 8.03. The lowest BCUT2D eigenvalue weighted by molar-refractivity contribution is -0.125. The van der Waals surface area contributed by atoms with Crippen LogP contribution in [0.4, 0.5) is 0 Å². The van der Waals surface area contributed by atoms with E-state index in [-0.39, 0.29) is 16.4 Å². The van der Waals surface area contributed by atoms with E-state index in [4.69, 9.17) is 0 Å². The number of nitrogens with zero attached hydrogens (tertiary/aromatic N) is 3. The summed E-state index contributed by atoms with van der Waals surface area (Å²) in [7, 11) is 1.68. The number of imide groups is 1. The zero-order chi connectivity index (χ0) is 19.5. The fourth-order valence-corrected chi connectivity index (χ4v) is 3.57. The second-order valence-corrected chi connectivity index (χ2v) is 7.24. The Morgan fingerprint density at radius 1 is 1.42 bits per heavy atom. The van der Waals surface area contributed by atoms with Crippen molar-refractivity contribution in [3.63, 3.8) is 0 Å². The fourth-order valence-electron chi connectivity index (χ4n) is 2.60. The average molecular weight is 371 g/mol. The van der Waals surface area contributed by atoms with E-state index in [1.54, 1.807) is 43.8 Å². The maximum atomic E-state index is 12.1. The molecule has 0 aromatic carbocycles. The van der Waals surface area contributed by atoms with E-state index in [0.29, 0.717) is 5.69 Å². The first kappa shape index (κ1) is 19.3. The number of allylic oxidation sites excluding steroid dienone is 1. The van der Waals surface area contributed by atoms with Crippen molar-refractivity contribution in [2.75, 3.05) is 5.75 Å². The monoisotopic (exact) mass is 371 g/mol. The predicted molar refractivity (Wildman–Crippen MR) is 94.0 cm³/mol. The fraction of sp³-hybridized carbons (Fsp3) is 0.353. The van der Waals surface area contributed by atoms with Crippen LogP contribution < -0.4 is 10.6 Å². The molecule has 0 spiro atoms. The molecule has 0 aliphatic carbocycles. The maximum absolute atomic E-state index is 12.1. The van der Waals surface area contributed by atoms with Gasteiger partial charge in [0.2, 0.25) is 11.8 Å². The van der Waals surface area contributed by atoms with Crippen molar-refractivity contribution < 1.29 is 14.4 Å². The van der Waals surface area contributed by atoms with Crippen LogP contribution in [0.5, 0.6) is 0 Å². The number of nitriles is 2. The van der Waals surface area contributed by atoms with Crippen LogP contribution in [0.2, 0.25) is 0 Å². The van der Waals surface area contributed by atoms with Gasteiger partial charge in [0.15, 0.2) is 0 Å². The molecular weight excluding hydrogens is 354 g/mol. The normalized spacial score (nSPS) is 18.5. The van der Waals surface area contributed by atoms with Crippen LogP contribution in [0.25, 0.3) is 0 Å². The third-order valence-electron chi connectivity index (χ3n) is 4.11. The number of carbonyl (C=O) groups excluding carboxylic acids is 3. The van der Waals surface area contributed by atoms with Crippen LogP contribution in [0.1, 0.15) is 24.3 Å². The third kappa shape index (κ3) is 3.63. The first-order valence-corrected chi connectivity index (χ1v) is 8.64. The van der Waals surface area contributed by atoms with Gasteiger partial charge >= 0.3 is 0 Å². The van der Waals surface area contributed by atoms with Gasteiger partial charge in [-0.25, -0.2) is 0 Å². The first-order chi connectivity index (χ1) is 12.2. The second-order valence-electron chi connectivity index (χ2n) is 6.26. The Balaban J connectivity index is 2.09. The Labute approximate surface area is 154 Å². The summed E-state index contributed by atoms with van der Waals surface area (Å²) in [6.07, 6.45) is 1.68. The number of rotatable bonds is 4. The van der Waals surface area contributed by atoms with E-state index in [1.165, 1.54) is 0 Å². The smallest absolute Gasteiger partial charge is 0.274 e. The van der Waals surface area contributed by atoms with Crippen molar-refractivity contribution in [3.8, 4) is 12.1 Å². The van der Waals surface area contributed by atoms with Crippen LogP contribution >= 0.6 is 11.8 Å². The summed E-state index contributed by atoms with van der Waals surface area (Å²) in [5.41, 5.74) is -0.400. The minimum Gasteiger partial charge on any atom is -0.347 e. The van der Waals surface area contributed by atoms with Gasteiger partial charge in [0, 0.05) is 18.7 Å². The highest BCUT2D eigenvalue weighted by atomic mass is 32.2. The van der Waals surface area contributed by atoms with Gasteiger partial charge in [0.25, 0.3) is 5.91 Å². The minimum absolute atomic E-state index is 0.162. The molecule has 26 heavy (non-hydrogen) atoms. The van der Waals surface area contributed by atoms with Crippen molar-refractivity contribution in [1.29, 1.82) is 10.5 Å². The van der Waals surface area contributed by atoms with Gasteiger partial charge in [-0.05, 0) is 12.1 Å². The van der Waals surface area contributed by atoms with Crippen LogP contribution in [0.3, 0.4) is 0 Å². The van der Waals surface area contributed by atoms with Gasteiger partial charge < -0.3 is 9.88 Å². The van der Waals surface area contributed by atoms with Crippen molar-refractivity contribution >= 4 is 29.5 Å². The van der Waals surface area contributed by atoms with Crippen LogP contribution in [-0.4, -0.2) is 28.0 Å². The summed E-state index contributed by atoms with van der Waals surface area (Å²) in [5.74, 6) is -2.76. The Morgan fingerprint density at radius 3 is 2.65 bits per heavy atom. The highest BCUT2D eigenvalue weighted by Gasteiger charge is 2.44. The number of hydrogen-bond donors (Lipinski definition) is 2. The molecule has 1 atom stereocenters. The van der Waals surface area contributed by atoms with Crippen molar-refractivity contribution in [2.24, 2.45) is 18.4 Å². The summed E-state index contributed by atoms with van der Waals surface area (Å²) < 4.78 is 1.58. The van der Waals surface area contributed by atoms with Crippen molar-refractivity contribution in [2.45, 2.75) is 13.8 Å². The van der Waals surface area contributed by atoms with E-state index in [0.717, 1.165) is 11.8 Å². The SMILES string of the molecule is Cn1cccc1C(=O)NC(=O)CSC1=C(C#N)C(C)(C)[C@H](C#N)C(=O)N1. The molecule has 0 saturated heterocycles. The molecule has 2 heterocycles. The van der Waals surface area contributed by atoms with Gasteiger partial charge in [-0.15, -0.1) is 0 Å². The number of nitrogens with one attached hydrogen (secondary N) is 2. The van der Waals surface area contributed by atoms with E-state index < -0.39 is 29.1 Å². The summed E-state index contributed by atoms with van der Waals surface area (Å²) in [6, 6.07) is 7.19. The standard InChI is InChI=1S/C17H17N5O3S/c1-17(2)10(7-18)14(24)21-16(11(17)8-19)26-9-13(23)20-15(25)12-5-4-6-22(12)3/h4-6,10H,9H2,1-3H3,(H,21,24)(H,20,23,25)/t10-/m1/s1. The zero-order valence-corrected chi connectivity index (χ0v) is 15.3. The molecule has 0 radical (unpaired) electrons. The molecule has 1 aliphatic heterocycles. The maximum Gasteiger partial charge on any atom is 0.274 e. The topological polar surface area (TPSA) is 128 Å². The summed E-state index contributed by atoms with van der Waals surface area (Å²) >= 11 is 0.945. The molecular formula is C17H17N5O3S. The molecule has 1 aromatic heterocycles. The summed E-state index contributed by atoms with van der Waals surface area (Å²) in [5, 5.41) is 23.6. The lowest BCUT2D eigenvalue weighted by Gasteiger charge is -2.34. The van der Waals surface area contributed by atoms with Gasteiger partial charge in [-0.2, -0.15) is 10.5 Å². The predicted octanol–water partition coefficient (Wildman–Crippen LogP) is 1.05. The molecule has 1 aromatic rings. The molecule has 2 N–H and O–H groups in total. The molecule has 0 saturated carbocycles. The number of thioether (sulfide) groups is 1. The lowest BCUT2D eigenvalue weighted by Crippen LogP contribution is -2.44. The number of amides is 3. The molecule has 0 fully saturated rings. The molecule has 8 nitrogen and oxygen atoms in total. The zero-order valence-electron chi connectivity index (χ0n) is 14.5. The highest BCUT2D eigenvalue weighted by Crippen LogP contribution is 2.41. The quantitative estimate of drug-likeness (QED) is 0.814. The largest absolute Gasteiger partial charge is 0.347 e. The first-order valence-electron chi connectivity index (χ1n) is 7.66. The van der Waals surface area contributed by atoms with Gasteiger partial charge in [-0.1, -0.05) is 25.6 Å². The van der Waals surface area contributed by atoms with Gasteiger partial charge in [0.1, 0.15) is 11.6 Å². The second kappa shape index (κ2) is 7.46. The van der Waals surface area contributed by atoms with E-state index >= 15 is 0 Å². The number of hydrogen-bond acceptors (Lipinski definition) is 6. The van der Waals surface area contributed by atoms with Crippen molar-refractivity contribution in [3.05, 3.63) is 34.6 Å².